The van der Waals surface area contributed by atoms with E-state index in [9.17, 15) is 4.79 Å². The zero-order valence-electron chi connectivity index (χ0n) is 20.8. The molecule has 3 aromatic rings. The predicted molar refractivity (Wildman–Crippen MR) is 137 cm³/mol. The van der Waals surface area contributed by atoms with Crippen LogP contribution in [0.1, 0.15) is 33.5 Å². The first kappa shape index (κ1) is 24.6. The molecule has 35 heavy (non-hydrogen) atoms. The topological polar surface area (TPSA) is 51.2 Å². The van der Waals surface area contributed by atoms with E-state index in [0.717, 1.165) is 38.2 Å². The van der Waals surface area contributed by atoms with Crippen molar-refractivity contribution in [1.29, 1.82) is 0 Å². The number of carbonyl (C=O) groups is 1. The van der Waals surface area contributed by atoms with Crippen molar-refractivity contribution in [1.82, 2.24) is 9.80 Å². The smallest absolute Gasteiger partial charge is 0.254 e. The minimum absolute atomic E-state index is 0.0195. The summed E-state index contributed by atoms with van der Waals surface area (Å²) in [6.45, 7) is 6.65. The van der Waals surface area contributed by atoms with Crippen molar-refractivity contribution in [2.75, 3.05) is 40.4 Å². The summed E-state index contributed by atoms with van der Waals surface area (Å²) in [5.41, 5.74) is 4.22. The number of aryl methyl sites for hydroxylation is 1. The van der Waals surface area contributed by atoms with Gasteiger partial charge >= 0.3 is 0 Å². The van der Waals surface area contributed by atoms with Crippen LogP contribution in [0.25, 0.3) is 0 Å². The lowest BCUT2D eigenvalue weighted by atomic mass is 10.1. The van der Waals surface area contributed by atoms with E-state index in [1.54, 1.807) is 26.4 Å². The fourth-order valence-corrected chi connectivity index (χ4v) is 4.42. The molecule has 0 aromatic heterocycles. The highest BCUT2D eigenvalue weighted by Gasteiger charge is 2.24. The second-order valence-electron chi connectivity index (χ2n) is 8.83. The summed E-state index contributed by atoms with van der Waals surface area (Å²) in [6, 6.07) is 21.9. The van der Waals surface area contributed by atoms with E-state index in [1.807, 2.05) is 35.2 Å². The first-order valence-electron chi connectivity index (χ1n) is 12.1. The number of methoxy groups -OCH3 is 2. The maximum absolute atomic E-state index is 13.5. The van der Waals surface area contributed by atoms with Gasteiger partial charge in [-0.3, -0.25) is 9.69 Å². The lowest BCUT2D eigenvalue weighted by Gasteiger charge is -2.23. The third-order valence-electron chi connectivity index (χ3n) is 6.46. The van der Waals surface area contributed by atoms with Crippen LogP contribution in [0.5, 0.6) is 17.2 Å². The number of amides is 1. The number of ether oxygens (including phenoxy) is 3. The lowest BCUT2D eigenvalue weighted by molar-refractivity contribution is 0.0760. The van der Waals surface area contributed by atoms with E-state index in [-0.39, 0.29) is 5.91 Å². The summed E-state index contributed by atoms with van der Waals surface area (Å²) in [6.07, 6.45) is 0.935. The maximum Gasteiger partial charge on any atom is 0.254 e. The molecule has 0 atom stereocenters. The van der Waals surface area contributed by atoms with Crippen molar-refractivity contribution >= 4 is 5.91 Å². The van der Waals surface area contributed by atoms with Gasteiger partial charge in [0.1, 0.15) is 6.61 Å². The number of hydrogen-bond donors (Lipinski definition) is 0. The van der Waals surface area contributed by atoms with E-state index in [1.165, 1.54) is 11.1 Å². The monoisotopic (exact) mass is 474 g/mol. The molecule has 1 aliphatic rings. The van der Waals surface area contributed by atoms with Gasteiger partial charge in [-0.25, -0.2) is 0 Å². The van der Waals surface area contributed by atoms with Gasteiger partial charge in [0.2, 0.25) is 5.75 Å². The summed E-state index contributed by atoms with van der Waals surface area (Å²) in [5.74, 6) is 1.45. The number of hydrogen-bond acceptors (Lipinski definition) is 5. The zero-order valence-corrected chi connectivity index (χ0v) is 20.8. The zero-order chi connectivity index (χ0) is 24.6. The number of benzene rings is 3. The van der Waals surface area contributed by atoms with Gasteiger partial charge in [0.05, 0.1) is 14.2 Å². The van der Waals surface area contributed by atoms with Gasteiger partial charge in [-0.05, 0) is 42.2 Å². The van der Waals surface area contributed by atoms with Gasteiger partial charge in [-0.1, -0.05) is 54.6 Å². The Morgan fingerprint density at radius 2 is 1.54 bits per heavy atom. The van der Waals surface area contributed by atoms with Crippen molar-refractivity contribution in [3.63, 3.8) is 0 Å². The fourth-order valence-electron chi connectivity index (χ4n) is 4.42. The highest BCUT2D eigenvalue weighted by molar-refractivity contribution is 5.95. The normalized spacial score (nSPS) is 14.3. The Hall–Kier alpha value is -3.51. The maximum atomic E-state index is 13.5. The summed E-state index contributed by atoms with van der Waals surface area (Å²) in [4.78, 5) is 17.8. The largest absolute Gasteiger partial charge is 0.493 e. The molecule has 4 rings (SSSR count). The third kappa shape index (κ3) is 6.14. The number of rotatable bonds is 8. The van der Waals surface area contributed by atoms with Crippen LogP contribution < -0.4 is 14.2 Å². The predicted octanol–water partition coefficient (Wildman–Crippen LogP) is 4.94. The van der Waals surface area contributed by atoms with E-state index >= 15 is 0 Å². The van der Waals surface area contributed by atoms with Gasteiger partial charge in [0.15, 0.2) is 11.5 Å². The molecule has 1 heterocycles. The summed E-state index contributed by atoms with van der Waals surface area (Å²) >= 11 is 0. The van der Waals surface area contributed by atoms with Crippen LogP contribution in [0.3, 0.4) is 0 Å². The molecule has 1 aliphatic heterocycles. The Kier molecular flexibility index (Phi) is 8.27. The minimum atomic E-state index is -0.0195. The Morgan fingerprint density at radius 1 is 0.857 bits per heavy atom. The summed E-state index contributed by atoms with van der Waals surface area (Å²) in [7, 11) is 3.15. The fraction of sp³-hybridized carbons (Fsp3) is 0.345. The Morgan fingerprint density at radius 3 is 2.23 bits per heavy atom. The van der Waals surface area contributed by atoms with Crippen LogP contribution in [0, 0.1) is 6.92 Å². The SMILES string of the molecule is COc1cc(C(=O)N2CCCN(Cc3ccccc3C)CC2)cc(OC)c1OCc1ccccc1. The first-order valence-corrected chi connectivity index (χ1v) is 12.1. The van der Waals surface area contributed by atoms with Gasteiger partial charge < -0.3 is 19.1 Å². The van der Waals surface area contributed by atoms with Crippen molar-refractivity contribution in [2.45, 2.75) is 26.5 Å². The average molecular weight is 475 g/mol. The minimum Gasteiger partial charge on any atom is -0.493 e. The first-order chi connectivity index (χ1) is 17.1. The Labute approximate surface area is 208 Å². The molecule has 1 amide bonds. The molecule has 184 valence electrons. The molecule has 0 aliphatic carbocycles. The molecule has 0 bridgehead atoms. The molecule has 0 radical (unpaired) electrons. The van der Waals surface area contributed by atoms with Crippen LogP contribution in [0.15, 0.2) is 66.7 Å². The molecule has 0 spiro atoms. The molecular weight excluding hydrogens is 440 g/mol. The van der Waals surface area contributed by atoms with Gasteiger partial charge in [-0.15, -0.1) is 0 Å². The highest BCUT2D eigenvalue weighted by atomic mass is 16.5. The van der Waals surface area contributed by atoms with Gasteiger partial charge in [-0.2, -0.15) is 0 Å². The Bertz CT molecular complexity index is 1110. The standard InChI is InChI=1S/C29H34N2O4/c1-22-10-7-8-13-24(22)20-30-14-9-15-31(17-16-30)29(32)25-18-26(33-2)28(27(19-25)34-3)35-21-23-11-5-4-6-12-23/h4-8,10-13,18-19H,9,14-17,20-21H2,1-3H3. The molecule has 0 unspecified atom stereocenters. The lowest BCUT2D eigenvalue weighted by Crippen LogP contribution is -2.35. The van der Waals surface area contributed by atoms with Crippen LogP contribution in [0.2, 0.25) is 0 Å². The molecular formula is C29H34N2O4. The van der Waals surface area contributed by atoms with Crippen molar-refractivity contribution < 1.29 is 19.0 Å². The molecule has 0 N–H and O–H groups in total. The van der Waals surface area contributed by atoms with E-state index in [0.29, 0.717) is 36.0 Å². The molecule has 1 fully saturated rings. The van der Waals surface area contributed by atoms with Crippen LogP contribution in [0.4, 0.5) is 0 Å². The molecule has 1 saturated heterocycles. The van der Waals surface area contributed by atoms with Gasteiger partial charge in [0, 0.05) is 38.3 Å². The summed E-state index contributed by atoms with van der Waals surface area (Å²) < 4.78 is 17.2. The quantitative estimate of drug-likeness (QED) is 0.463. The van der Waals surface area contributed by atoms with E-state index in [2.05, 4.69) is 36.1 Å². The molecule has 0 saturated carbocycles. The van der Waals surface area contributed by atoms with Crippen LogP contribution in [-0.4, -0.2) is 56.1 Å². The van der Waals surface area contributed by atoms with Crippen molar-refractivity contribution in [3.8, 4) is 17.2 Å². The van der Waals surface area contributed by atoms with Crippen molar-refractivity contribution in [2.24, 2.45) is 0 Å². The number of carbonyl (C=O) groups excluding carboxylic acids is 1. The second kappa shape index (κ2) is 11.8. The van der Waals surface area contributed by atoms with Gasteiger partial charge in [0.25, 0.3) is 5.91 Å². The number of nitrogens with zero attached hydrogens (tertiary/aromatic N) is 2. The molecule has 6 heteroatoms. The Balaban J connectivity index is 1.46. The van der Waals surface area contributed by atoms with Crippen LogP contribution >= 0.6 is 0 Å². The highest BCUT2D eigenvalue weighted by Crippen LogP contribution is 2.39. The van der Waals surface area contributed by atoms with Crippen LogP contribution in [-0.2, 0) is 13.2 Å². The van der Waals surface area contributed by atoms with Crippen molar-refractivity contribution in [3.05, 3.63) is 89.0 Å². The average Bonchev–Trinajstić information content (AvgIpc) is 3.14. The van der Waals surface area contributed by atoms with E-state index < -0.39 is 0 Å². The second-order valence-corrected chi connectivity index (χ2v) is 8.83. The molecule has 3 aromatic carbocycles. The van der Waals surface area contributed by atoms with E-state index in [4.69, 9.17) is 14.2 Å². The third-order valence-corrected chi connectivity index (χ3v) is 6.46. The molecule has 6 nitrogen and oxygen atoms in total. The summed E-state index contributed by atoms with van der Waals surface area (Å²) in [5, 5.41) is 0.